The Labute approximate surface area is 103 Å². The van der Waals surface area contributed by atoms with E-state index in [2.05, 4.69) is 22.5 Å². The lowest BCUT2D eigenvalue weighted by molar-refractivity contribution is 0.427. The molecule has 0 fully saturated rings. The Morgan fingerprint density at radius 1 is 1.41 bits per heavy atom. The molecule has 0 bridgehead atoms. The van der Waals surface area contributed by atoms with E-state index in [0.29, 0.717) is 6.54 Å². The molecule has 0 spiro atoms. The van der Waals surface area contributed by atoms with Gasteiger partial charge >= 0.3 is 0 Å². The second-order valence-corrected chi connectivity index (χ2v) is 4.70. The van der Waals surface area contributed by atoms with Crippen LogP contribution in [0.5, 0.6) is 5.75 Å². The zero-order chi connectivity index (χ0) is 12.1. The van der Waals surface area contributed by atoms with E-state index in [1.165, 1.54) is 19.3 Å². The van der Waals surface area contributed by atoms with Gasteiger partial charge in [-0.25, -0.2) is 0 Å². The minimum absolute atomic E-state index is 0.284. The van der Waals surface area contributed by atoms with Crippen LogP contribution in [-0.4, -0.2) is 16.6 Å². The molecule has 0 saturated carbocycles. The van der Waals surface area contributed by atoms with Crippen molar-refractivity contribution in [1.82, 2.24) is 10.3 Å². The minimum atomic E-state index is 0.284. The maximum Gasteiger partial charge on any atom is 0.138 e. The number of hydrogen-bond acceptors (Lipinski definition) is 3. The quantitative estimate of drug-likeness (QED) is 0.784. The third-order valence-corrected chi connectivity index (χ3v) is 3.19. The molecule has 17 heavy (non-hydrogen) atoms. The molecule has 2 rings (SSSR count). The zero-order valence-corrected chi connectivity index (χ0v) is 10.3. The number of aryl methyl sites for hydroxylation is 1. The lowest BCUT2D eigenvalue weighted by atomic mass is 9.94. The largest absolute Gasteiger partial charge is 0.506 e. The molecule has 1 unspecified atom stereocenters. The summed E-state index contributed by atoms with van der Waals surface area (Å²) in [4.78, 5) is 4.33. The molecule has 1 heterocycles. The van der Waals surface area contributed by atoms with Crippen molar-refractivity contribution in [3.05, 3.63) is 35.7 Å². The van der Waals surface area contributed by atoms with E-state index < -0.39 is 0 Å². The SMILES string of the molecule is Cc1ccc(O)c(CNCC2CC=CCC2)n1. The molecule has 0 aliphatic heterocycles. The van der Waals surface area contributed by atoms with Crippen molar-refractivity contribution in [3.63, 3.8) is 0 Å². The smallest absolute Gasteiger partial charge is 0.138 e. The fraction of sp³-hybridized carbons (Fsp3) is 0.500. The van der Waals surface area contributed by atoms with Crippen molar-refractivity contribution in [2.45, 2.75) is 32.7 Å². The summed E-state index contributed by atoms with van der Waals surface area (Å²) in [5.74, 6) is 1.01. The van der Waals surface area contributed by atoms with Crippen molar-refractivity contribution < 1.29 is 5.11 Å². The number of aromatic nitrogens is 1. The van der Waals surface area contributed by atoms with Gasteiger partial charge < -0.3 is 10.4 Å². The number of pyridine rings is 1. The van der Waals surface area contributed by atoms with Gasteiger partial charge in [0.25, 0.3) is 0 Å². The van der Waals surface area contributed by atoms with Gasteiger partial charge in [-0.2, -0.15) is 0 Å². The summed E-state index contributed by atoms with van der Waals surface area (Å²) in [6, 6.07) is 3.54. The van der Waals surface area contributed by atoms with Crippen LogP contribution in [0.2, 0.25) is 0 Å². The van der Waals surface area contributed by atoms with Crippen LogP contribution in [0.15, 0.2) is 24.3 Å². The number of rotatable bonds is 4. The van der Waals surface area contributed by atoms with E-state index in [9.17, 15) is 5.11 Å². The van der Waals surface area contributed by atoms with E-state index in [1.807, 2.05) is 13.0 Å². The van der Waals surface area contributed by atoms with Crippen molar-refractivity contribution in [2.75, 3.05) is 6.54 Å². The van der Waals surface area contributed by atoms with Crippen molar-refractivity contribution in [2.24, 2.45) is 5.92 Å². The monoisotopic (exact) mass is 232 g/mol. The fourth-order valence-electron chi connectivity index (χ4n) is 2.17. The average molecular weight is 232 g/mol. The third-order valence-electron chi connectivity index (χ3n) is 3.19. The number of nitrogens with zero attached hydrogens (tertiary/aromatic N) is 1. The summed E-state index contributed by atoms with van der Waals surface area (Å²) < 4.78 is 0. The zero-order valence-electron chi connectivity index (χ0n) is 10.3. The van der Waals surface area contributed by atoms with Gasteiger partial charge in [-0.15, -0.1) is 0 Å². The highest BCUT2D eigenvalue weighted by Crippen LogP contribution is 2.18. The normalized spacial score (nSPS) is 19.5. The highest BCUT2D eigenvalue weighted by molar-refractivity contribution is 5.27. The molecule has 0 radical (unpaired) electrons. The Morgan fingerprint density at radius 2 is 2.29 bits per heavy atom. The van der Waals surface area contributed by atoms with E-state index in [0.717, 1.165) is 23.9 Å². The first-order valence-electron chi connectivity index (χ1n) is 6.27. The molecule has 1 aliphatic rings. The molecule has 92 valence electrons. The fourth-order valence-corrected chi connectivity index (χ4v) is 2.17. The Balaban J connectivity index is 1.81. The van der Waals surface area contributed by atoms with Gasteiger partial charge in [0.2, 0.25) is 0 Å². The van der Waals surface area contributed by atoms with Crippen LogP contribution < -0.4 is 5.32 Å². The van der Waals surface area contributed by atoms with Gasteiger partial charge in [0, 0.05) is 12.2 Å². The number of allylic oxidation sites excluding steroid dienone is 2. The molecular weight excluding hydrogens is 212 g/mol. The topological polar surface area (TPSA) is 45.1 Å². The van der Waals surface area contributed by atoms with Crippen LogP contribution in [0.1, 0.15) is 30.7 Å². The molecule has 1 aromatic rings. The maximum absolute atomic E-state index is 9.66. The molecule has 3 heteroatoms. The predicted molar refractivity (Wildman–Crippen MR) is 68.8 cm³/mol. The first-order chi connectivity index (χ1) is 8.25. The highest BCUT2D eigenvalue weighted by Gasteiger charge is 2.10. The van der Waals surface area contributed by atoms with Gasteiger partial charge in [-0.1, -0.05) is 12.2 Å². The van der Waals surface area contributed by atoms with Gasteiger partial charge in [-0.3, -0.25) is 4.98 Å². The van der Waals surface area contributed by atoms with E-state index in [-0.39, 0.29) is 5.75 Å². The number of hydrogen-bond donors (Lipinski definition) is 2. The van der Waals surface area contributed by atoms with E-state index >= 15 is 0 Å². The second kappa shape index (κ2) is 5.82. The summed E-state index contributed by atoms with van der Waals surface area (Å²) in [5, 5.41) is 13.0. The molecule has 0 amide bonds. The van der Waals surface area contributed by atoms with Crippen molar-refractivity contribution in [1.29, 1.82) is 0 Å². The standard InChI is InChI=1S/C14H20N2O/c1-11-7-8-14(17)13(16-11)10-15-9-12-5-3-2-4-6-12/h2-3,7-8,12,15,17H,4-6,9-10H2,1H3. The van der Waals surface area contributed by atoms with Gasteiger partial charge in [0.05, 0.1) is 5.69 Å². The highest BCUT2D eigenvalue weighted by atomic mass is 16.3. The average Bonchev–Trinajstić information content (AvgIpc) is 2.35. The molecule has 3 nitrogen and oxygen atoms in total. The number of aromatic hydroxyl groups is 1. The Morgan fingerprint density at radius 3 is 3.06 bits per heavy atom. The van der Waals surface area contributed by atoms with E-state index in [1.54, 1.807) is 6.07 Å². The maximum atomic E-state index is 9.66. The molecule has 1 aromatic heterocycles. The van der Waals surface area contributed by atoms with Crippen LogP contribution in [-0.2, 0) is 6.54 Å². The van der Waals surface area contributed by atoms with Gasteiger partial charge in [0.1, 0.15) is 5.75 Å². The minimum Gasteiger partial charge on any atom is -0.506 e. The summed E-state index contributed by atoms with van der Waals surface area (Å²) >= 11 is 0. The van der Waals surface area contributed by atoms with Gasteiger partial charge in [-0.05, 0) is 50.8 Å². The number of nitrogens with one attached hydrogen (secondary N) is 1. The van der Waals surface area contributed by atoms with Crippen molar-refractivity contribution >= 4 is 0 Å². The molecule has 1 atom stereocenters. The van der Waals surface area contributed by atoms with Crippen LogP contribution >= 0.6 is 0 Å². The molecular formula is C14H20N2O. The second-order valence-electron chi connectivity index (χ2n) is 4.70. The molecule has 2 N–H and O–H groups in total. The third kappa shape index (κ3) is 3.56. The van der Waals surface area contributed by atoms with Gasteiger partial charge in [0.15, 0.2) is 0 Å². The molecule has 1 aliphatic carbocycles. The van der Waals surface area contributed by atoms with Crippen LogP contribution in [0, 0.1) is 12.8 Å². The Kier molecular flexibility index (Phi) is 4.15. The lowest BCUT2D eigenvalue weighted by Gasteiger charge is -2.18. The summed E-state index contributed by atoms with van der Waals surface area (Å²) in [5.41, 5.74) is 1.69. The van der Waals surface area contributed by atoms with Crippen LogP contribution in [0.25, 0.3) is 0 Å². The molecule has 0 saturated heterocycles. The summed E-state index contributed by atoms with van der Waals surface area (Å²) in [7, 11) is 0. The Hall–Kier alpha value is -1.35. The first kappa shape index (κ1) is 12.1. The predicted octanol–water partition coefficient (Wildman–Crippen LogP) is 2.54. The van der Waals surface area contributed by atoms with Crippen LogP contribution in [0.3, 0.4) is 0 Å². The van der Waals surface area contributed by atoms with E-state index in [4.69, 9.17) is 0 Å². The summed E-state index contributed by atoms with van der Waals surface area (Å²) in [6.07, 6.45) is 8.14. The molecule has 0 aromatic carbocycles. The lowest BCUT2D eigenvalue weighted by Crippen LogP contribution is -2.23. The Bertz CT molecular complexity index is 401. The van der Waals surface area contributed by atoms with Crippen molar-refractivity contribution in [3.8, 4) is 5.75 Å². The first-order valence-corrected chi connectivity index (χ1v) is 6.27. The van der Waals surface area contributed by atoms with Crippen LogP contribution in [0.4, 0.5) is 0 Å². The summed E-state index contributed by atoms with van der Waals surface area (Å²) in [6.45, 7) is 3.59.